The molecule has 17 heavy (non-hydrogen) atoms. The predicted molar refractivity (Wildman–Crippen MR) is 55.6 cm³/mol. The van der Waals surface area contributed by atoms with Crippen LogP contribution in [-0.2, 0) is 4.74 Å². The second-order valence-corrected chi connectivity index (χ2v) is 4.27. The summed E-state index contributed by atoms with van der Waals surface area (Å²) in [6, 6.07) is -0.446. The highest BCUT2D eigenvalue weighted by Gasteiger charge is 2.47. The highest BCUT2D eigenvalue weighted by atomic mass is 16.6. The quantitative estimate of drug-likeness (QED) is 0.357. The molecule has 8 nitrogen and oxygen atoms in total. The minimum absolute atomic E-state index is 0.333. The third kappa shape index (κ3) is 2.22. The average Bonchev–Trinajstić information content (AvgIpc) is 2.57. The van der Waals surface area contributed by atoms with Crippen LogP contribution in [0.2, 0.25) is 0 Å². The Morgan fingerprint density at radius 2 is 2.18 bits per heavy atom. The Hall–Kier alpha value is -0.930. The van der Waals surface area contributed by atoms with Crippen LogP contribution in [-0.4, -0.2) is 70.1 Å². The van der Waals surface area contributed by atoms with Gasteiger partial charge in [-0.05, 0) is 6.42 Å². The number of amides is 2. The van der Waals surface area contributed by atoms with Crippen LogP contribution in [0.1, 0.15) is 6.42 Å². The Balaban J connectivity index is 2.05. The van der Waals surface area contributed by atoms with Gasteiger partial charge in [0.25, 0.3) is 0 Å². The molecule has 2 aliphatic heterocycles. The molecule has 0 aliphatic carbocycles. The van der Waals surface area contributed by atoms with E-state index >= 15 is 0 Å². The maximum absolute atomic E-state index is 11.6. The molecule has 0 aromatic heterocycles. The van der Waals surface area contributed by atoms with Gasteiger partial charge in [-0.1, -0.05) is 0 Å². The van der Waals surface area contributed by atoms with Crippen LogP contribution in [0, 0.1) is 0 Å². The molecule has 8 heteroatoms. The van der Waals surface area contributed by atoms with E-state index < -0.39 is 43.3 Å². The van der Waals surface area contributed by atoms with E-state index in [1.54, 1.807) is 0 Å². The number of hydrogen-bond donors (Lipinski definition) is 5. The molecule has 2 fully saturated rings. The predicted octanol–water partition coefficient (Wildman–Crippen LogP) is -2.87. The fraction of sp³-hybridized carbons (Fsp3) is 0.889. The van der Waals surface area contributed by atoms with Crippen molar-refractivity contribution >= 4 is 6.03 Å². The Morgan fingerprint density at radius 1 is 1.47 bits per heavy atom. The van der Waals surface area contributed by atoms with Gasteiger partial charge in [0, 0.05) is 6.54 Å². The van der Waals surface area contributed by atoms with Gasteiger partial charge in [0.05, 0.1) is 12.8 Å². The monoisotopic (exact) mass is 247 g/mol. The SMILES string of the molecule is NC1CCN(C2O[C@H](CO)C(O)[C@H]2O)C(=O)N1. The van der Waals surface area contributed by atoms with Gasteiger partial charge >= 0.3 is 6.03 Å². The molecule has 0 saturated carbocycles. The van der Waals surface area contributed by atoms with E-state index in [1.165, 1.54) is 4.90 Å². The lowest BCUT2D eigenvalue weighted by Gasteiger charge is -2.35. The Morgan fingerprint density at radius 3 is 2.71 bits per heavy atom. The fourth-order valence-electron chi connectivity index (χ4n) is 2.07. The van der Waals surface area contributed by atoms with Gasteiger partial charge in [-0.3, -0.25) is 4.90 Å². The second kappa shape index (κ2) is 4.75. The Kier molecular flexibility index (Phi) is 3.50. The average molecular weight is 247 g/mol. The number of aliphatic hydroxyl groups is 3. The fourth-order valence-corrected chi connectivity index (χ4v) is 2.07. The van der Waals surface area contributed by atoms with Crippen molar-refractivity contribution in [3.8, 4) is 0 Å². The summed E-state index contributed by atoms with van der Waals surface area (Å²) in [5.74, 6) is 0. The largest absolute Gasteiger partial charge is 0.394 e. The number of carbonyl (C=O) groups is 1. The number of nitrogens with zero attached hydrogens (tertiary/aromatic N) is 1. The maximum Gasteiger partial charge on any atom is 0.320 e. The zero-order valence-electron chi connectivity index (χ0n) is 9.19. The van der Waals surface area contributed by atoms with Gasteiger partial charge in [0.15, 0.2) is 6.23 Å². The van der Waals surface area contributed by atoms with Gasteiger partial charge in [0.1, 0.15) is 18.3 Å². The Labute approximate surface area is 98.0 Å². The lowest BCUT2D eigenvalue weighted by molar-refractivity contribution is -0.0834. The molecule has 2 aliphatic rings. The first kappa shape index (κ1) is 12.5. The maximum atomic E-state index is 11.6. The van der Waals surface area contributed by atoms with Crippen molar-refractivity contribution in [3.05, 3.63) is 0 Å². The molecular weight excluding hydrogens is 230 g/mol. The van der Waals surface area contributed by atoms with E-state index in [4.69, 9.17) is 15.6 Å². The van der Waals surface area contributed by atoms with E-state index in [2.05, 4.69) is 5.32 Å². The summed E-state index contributed by atoms with van der Waals surface area (Å²) in [7, 11) is 0. The van der Waals surface area contributed by atoms with Gasteiger partial charge < -0.3 is 31.1 Å². The molecule has 98 valence electrons. The molecule has 5 atom stereocenters. The zero-order valence-corrected chi connectivity index (χ0v) is 9.19. The number of hydrogen-bond acceptors (Lipinski definition) is 6. The van der Waals surface area contributed by atoms with Crippen molar-refractivity contribution in [2.75, 3.05) is 13.2 Å². The third-order valence-electron chi connectivity index (χ3n) is 3.08. The molecule has 2 rings (SSSR count). The van der Waals surface area contributed by atoms with Crippen molar-refractivity contribution in [2.45, 2.75) is 37.1 Å². The molecular formula is C9H17N3O5. The summed E-state index contributed by atoms with van der Waals surface area (Å²) in [5, 5.41) is 30.8. The van der Waals surface area contributed by atoms with E-state index in [0.29, 0.717) is 13.0 Å². The van der Waals surface area contributed by atoms with Gasteiger partial charge in [-0.15, -0.1) is 0 Å². The van der Waals surface area contributed by atoms with E-state index in [-0.39, 0.29) is 0 Å². The first-order valence-electron chi connectivity index (χ1n) is 5.49. The standard InChI is InChI=1S/C9H17N3O5/c10-5-1-2-12(9(16)11-5)8-7(15)6(14)4(3-13)17-8/h4-8,13-15H,1-3,10H2,(H,11,16)/t4-,5?,6?,7-,8?/m1/s1. The van der Waals surface area contributed by atoms with E-state index in [1.807, 2.05) is 0 Å². The molecule has 0 aromatic carbocycles. The second-order valence-electron chi connectivity index (χ2n) is 4.27. The summed E-state index contributed by atoms with van der Waals surface area (Å²) < 4.78 is 5.25. The van der Waals surface area contributed by atoms with Crippen molar-refractivity contribution in [1.82, 2.24) is 10.2 Å². The molecule has 2 heterocycles. The van der Waals surface area contributed by atoms with E-state index in [9.17, 15) is 15.0 Å². The highest BCUT2D eigenvalue weighted by molar-refractivity contribution is 5.75. The number of carbonyl (C=O) groups excluding carboxylic acids is 1. The number of urea groups is 1. The number of nitrogens with one attached hydrogen (secondary N) is 1. The lowest BCUT2D eigenvalue weighted by Crippen LogP contribution is -2.60. The number of nitrogens with two attached hydrogens (primary N) is 1. The van der Waals surface area contributed by atoms with Gasteiger partial charge in [-0.2, -0.15) is 0 Å². The molecule has 0 radical (unpaired) electrons. The minimum atomic E-state index is -1.23. The smallest absolute Gasteiger partial charge is 0.320 e. The lowest BCUT2D eigenvalue weighted by atomic mass is 10.1. The van der Waals surface area contributed by atoms with Gasteiger partial charge in [-0.25, -0.2) is 4.79 Å². The normalized spacial score (nSPS) is 42.7. The van der Waals surface area contributed by atoms with Crippen LogP contribution < -0.4 is 11.1 Å². The van der Waals surface area contributed by atoms with Crippen LogP contribution in [0.3, 0.4) is 0 Å². The third-order valence-corrected chi connectivity index (χ3v) is 3.08. The van der Waals surface area contributed by atoms with Gasteiger partial charge in [0.2, 0.25) is 0 Å². The molecule has 2 saturated heterocycles. The first-order valence-corrected chi connectivity index (χ1v) is 5.49. The van der Waals surface area contributed by atoms with Crippen molar-refractivity contribution in [2.24, 2.45) is 5.73 Å². The molecule has 3 unspecified atom stereocenters. The Bertz CT molecular complexity index is 302. The van der Waals surface area contributed by atoms with Crippen molar-refractivity contribution in [1.29, 1.82) is 0 Å². The number of ether oxygens (including phenoxy) is 1. The summed E-state index contributed by atoms with van der Waals surface area (Å²) in [4.78, 5) is 12.9. The van der Waals surface area contributed by atoms with Crippen LogP contribution in [0.25, 0.3) is 0 Å². The summed E-state index contributed by atoms with van der Waals surface area (Å²) in [6.45, 7) is -0.0801. The topological polar surface area (TPSA) is 128 Å². The number of rotatable bonds is 2. The molecule has 6 N–H and O–H groups in total. The first-order chi connectivity index (χ1) is 8.04. The van der Waals surface area contributed by atoms with Crippen LogP contribution >= 0.6 is 0 Å². The van der Waals surface area contributed by atoms with Crippen LogP contribution in [0.5, 0.6) is 0 Å². The molecule has 2 amide bonds. The molecule has 0 spiro atoms. The number of aliphatic hydroxyl groups excluding tert-OH is 3. The molecule has 0 bridgehead atoms. The summed E-state index contributed by atoms with van der Waals surface area (Å²) in [5.41, 5.74) is 5.55. The zero-order chi connectivity index (χ0) is 12.6. The van der Waals surface area contributed by atoms with Crippen LogP contribution in [0.15, 0.2) is 0 Å². The summed E-state index contributed by atoms with van der Waals surface area (Å²) >= 11 is 0. The summed E-state index contributed by atoms with van der Waals surface area (Å²) in [6.07, 6.45) is -4.14. The molecule has 0 aromatic rings. The van der Waals surface area contributed by atoms with Crippen LogP contribution in [0.4, 0.5) is 4.79 Å². The van der Waals surface area contributed by atoms with Crippen molar-refractivity contribution < 1.29 is 24.9 Å². The minimum Gasteiger partial charge on any atom is -0.394 e. The highest BCUT2D eigenvalue weighted by Crippen LogP contribution is 2.25. The van der Waals surface area contributed by atoms with E-state index in [0.717, 1.165) is 0 Å². The van der Waals surface area contributed by atoms with Crippen molar-refractivity contribution in [3.63, 3.8) is 0 Å².